The van der Waals surface area contributed by atoms with Crippen LogP contribution in [-0.2, 0) is 0 Å². The van der Waals surface area contributed by atoms with Gasteiger partial charge in [-0.05, 0) is 35.9 Å². The predicted octanol–water partition coefficient (Wildman–Crippen LogP) is 4.76. The minimum Gasteiger partial charge on any atom is -0.493 e. The van der Waals surface area contributed by atoms with Gasteiger partial charge in [-0.2, -0.15) is 5.10 Å². The minimum absolute atomic E-state index is 0.318. The highest BCUT2D eigenvalue weighted by molar-refractivity contribution is 9.10. The van der Waals surface area contributed by atoms with Gasteiger partial charge in [-0.3, -0.25) is 4.79 Å². The van der Waals surface area contributed by atoms with Crippen molar-refractivity contribution in [1.82, 2.24) is 5.43 Å². The highest BCUT2D eigenvalue weighted by Gasteiger charge is 2.12. The molecule has 126 valence electrons. The molecule has 3 aromatic carbocycles. The van der Waals surface area contributed by atoms with Crippen LogP contribution < -0.4 is 10.2 Å². The third kappa shape index (κ3) is 4.06. The first-order valence-electron chi connectivity index (χ1n) is 7.92. The summed E-state index contributed by atoms with van der Waals surface area (Å²) in [6, 6.07) is 19.3. The molecule has 0 aliphatic heterocycles. The standard InChI is InChI=1S/C20H17BrN2O2/c1-2-25-19-11-10-16(21)12-18(19)20(24)23-22-13-15-8-5-7-14-6-3-4-9-17(14)15/h3-13H,2H2,1H3,(H,23,24)/b22-13+. The highest BCUT2D eigenvalue weighted by atomic mass is 79.9. The lowest BCUT2D eigenvalue weighted by Crippen LogP contribution is -2.18. The summed E-state index contributed by atoms with van der Waals surface area (Å²) in [6.45, 7) is 2.36. The first-order chi connectivity index (χ1) is 12.2. The molecule has 3 rings (SSSR count). The second-order valence-electron chi connectivity index (χ2n) is 5.34. The average molecular weight is 397 g/mol. The lowest BCUT2D eigenvalue weighted by Gasteiger charge is -2.09. The molecule has 0 aliphatic rings. The molecule has 0 atom stereocenters. The maximum Gasteiger partial charge on any atom is 0.275 e. The number of amides is 1. The molecule has 5 heteroatoms. The number of benzene rings is 3. The Balaban J connectivity index is 1.80. The number of hydrogen-bond donors (Lipinski definition) is 1. The van der Waals surface area contributed by atoms with Crippen LogP contribution in [0.1, 0.15) is 22.8 Å². The van der Waals surface area contributed by atoms with Gasteiger partial charge in [-0.15, -0.1) is 0 Å². The van der Waals surface area contributed by atoms with E-state index in [1.807, 2.05) is 55.5 Å². The summed E-state index contributed by atoms with van der Waals surface area (Å²) in [5, 5.41) is 6.32. The predicted molar refractivity (Wildman–Crippen MR) is 104 cm³/mol. The monoisotopic (exact) mass is 396 g/mol. The van der Waals surface area contributed by atoms with Crippen LogP contribution in [0.2, 0.25) is 0 Å². The molecule has 0 bridgehead atoms. The van der Waals surface area contributed by atoms with Gasteiger partial charge in [-0.25, -0.2) is 5.43 Å². The third-order valence-electron chi connectivity index (χ3n) is 3.68. The summed E-state index contributed by atoms with van der Waals surface area (Å²) in [7, 11) is 0. The molecule has 1 amide bonds. The largest absolute Gasteiger partial charge is 0.493 e. The van der Waals surface area contributed by atoms with Gasteiger partial charge < -0.3 is 4.74 Å². The van der Waals surface area contributed by atoms with Crippen LogP contribution in [0.3, 0.4) is 0 Å². The van der Waals surface area contributed by atoms with E-state index in [2.05, 4.69) is 26.5 Å². The van der Waals surface area contributed by atoms with Crippen LogP contribution >= 0.6 is 15.9 Å². The molecule has 0 radical (unpaired) electrons. The second-order valence-corrected chi connectivity index (χ2v) is 6.26. The first-order valence-corrected chi connectivity index (χ1v) is 8.72. The summed E-state index contributed by atoms with van der Waals surface area (Å²) in [4.78, 5) is 12.4. The number of rotatable bonds is 5. The summed E-state index contributed by atoms with van der Waals surface area (Å²) in [6.07, 6.45) is 1.65. The number of hydrazone groups is 1. The fraction of sp³-hybridized carbons (Fsp3) is 0.100. The van der Waals surface area contributed by atoms with Crippen molar-refractivity contribution in [2.75, 3.05) is 6.61 Å². The van der Waals surface area contributed by atoms with E-state index in [9.17, 15) is 4.79 Å². The smallest absolute Gasteiger partial charge is 0.275 e. The van der Waals surface area contributed by atoms with E-state index in [0.29, 0.717) is 17.9 Å². The van der Waals surface area contributed by atoms with Crippen LogP contribution in [-0.4, -0.2) is 18.7 Å². The number of nitrogens with one attached hydrogen (secondary N) is 1. The Morgan fingerprint density at radius 2 is 1.96 bits per heavy atom. The van der Waals surface area contributed by atoms with Gasteiger partial charge in [0.15, 0.2) is 0 Å². The zero-order valence-corrected chi connectivity index (χ0v) is 15.3. The van der Waals surface area contributed by atoms with Crippen molar-refractivity contribution in [3.8, 4) is 5.75 Å². The minimum atomic E-state index is -0.318. The highest BCUT2D eigenvalue weighted by Crippen LogP contribution is 2.23. The van der Waals surface area contributed by atoms with Gasteiger partial charge in [0.05, 0.1) is 18.4 Å². The van der Waals surface area contributed by atoms with Gasteiger partial charge in [0.25, 0.3) is 5.91 Å². The van der Waals surface area contributed by atoms with Gasteiger partial charge in [-0.1, -0.05) is 58.4 Å². The van der Waals surface area contributed by atoms with Crippen molar-refractivity contribution in [3.63, 3.8) is 0 Å². The number of hydrogen-bond acceptors (Lipinski definition) is 3. The second kappa shape index (κ2) is 7.94. The SMILES string of the molecule is CCOc1ccc(Br)cc1C(=O)N/N=C/c1cccc2ccccc12. The van der Waals surface area contributed by atoms with E-state index in [-0.39, 0.29) is 5.91 Å². The molecule has 0 heterocycles. The van der Waals surface area contributed by atoms with Crippen molar-refractivity contribution < 1.29 is 9.53 Å². The summed E-state index contributed by atoms with van der Waals surface area (Å²) < 4.78 is 6.31. The van der Waals surface area contributed by atoms with Crippen LogP contribution in [0, 0.1) is 0 Å². The van der Waals surface area contributed by atoms with Crippen LogP contribution in [0.15, 0.2) is 70.2 Å². The van der Waals surface area contributed by atoms with Crippen molar-refractivity contribution in [3.05, 3.63) is 76.3 Å². The lowest BCUT2D eigenvalue weighted by atomic mass is 10.1. The number of carbonyl (C=O) groups excluding carboxylic acids is 1. The van der Waals surface area contributed by atoms with E-state index in [4.69, 9.17) is 4.74 Å². The van der Waals surface area contributed by atoms with E-state index in [0.717, 1.165) is 20.8 Å². The Morgan fingerprint density at radius 3 is 2.80 bits per heavy atom. The summed E-state index contributed by atoms with van der Waals surface area (Å²) in [5.41, 5.74) is 3.95. The molecular formula is C20H17BrN2O2. The van der Waals surface area contributed by atoms with Crippen LogP contribution in [0.25, 0.3) is 10.8 Å². The molecule has 0 aromatic heterocycles. The van der Waals surface area contributed by atoms with Gasteiger partial charge in [0, 0.05) is 10.0 Å². The average Bonchev–Trinajstić information content (AvgIpc) is 2.63. The Bertz CT molecular complexity index is 933. The molecule has 0 fully saturated rings. The van der Waals surface area contributed by atoms with Gasteiger partial charge in [0.1, 0.15) is 5.75 Å². The molecule has 0 saturated carbocycles. The van der Waals surface area contributed by atoms with Crippen molar-refractivity contribution in [2.24, 2.45) is 5.10 Å². The Kier molecular flexibility index (Phi) is 5.46. The van der Waals surface area contributed by atoms with Crippen molar-refractivity contribution >= 4 is 38.8 Å². The first kappa shape index (κ1) is 17.2. The van der Waals surface area contributed by atoms with E-state index in [1.165, 1.54) is 0 Å². The Labute approximate surface area is 154 Å². The lowest BCUT2D eigenvalue weighted by molar-refractivity contribution is 0.0951. The van der Waals surface area contributed by atoms with E-state index >= 15 is 0 Å². The number of carbonyl (C=O) groups is 1. The maximum absolute atomic E-state index is 12.4. The molecular weight excluding hydrogens is 380 g/mol. The Morgan fingerprint density at radius 1 is 1.16 bits per heavy atom. The molecule has 1 N–H and O–H groups in total. The topological polar surface area (TPSA) is 50.7 Å². The zero-order valence-electron chi connectivity index (χ0n) is 13.7. The Hall–Kier alpha value is -2.66. The maximum atomic E-state index is 12.4. The molecule has 25 heavy (non-hydrogen) atoms. The van der Waals surface area contributed by atoms with E-state index in [1.54, 1.807) is 18.3 Å². The summed E-state index contributed by atoms with van der Waals surface area (Å²) >= 11 is 3.37. The number of ether oxygens (including phenoxy) is 1. The van der Waals surface area contributed by atoms with Crippen molar-refractivity contribution in [1.29, 1.82) is 0 Å². The quantitative estimate of drug-likeness (QED) is 0.498. The molecule has 0 unspecified atom stereocenters. The number of nitrogens with zero attached hydrogens (tertiary/aromatic N) is 1. The molecule has 0 spiro atoms. The number of fused-ring (bicyclic) bond motifs is 1. The van der Waals surface area contributed by atoms with Crippen LogP contribution in [0.4, 0.5) is 0 Å². The molecule has 0 aliphatic carbocycles. The molecule has 3 aromatic rings. The van der Waals surface area contributed by atoms with Gasteiger partial charge >= 0.3 is 0 Å². The zero-order chi connectivity index (χ0) is 17.6. The third-order valence-corrected chi connectivity index (χ3v) is 4.17. The molecule has 4 nitrogen and oxygen atoms in total. The van der Waals surface area contributed by atoms with Crippen LogP contribution in [0.5, 0.6) is 5.75 Å². The number of halogens is 1. The van der Waals surface area contributed by atoms with Crippen molar-refractivity contribution in [2.45, 2.75) is 6.92 Å². The fourth-order valence-electron chi connectivity index (χ4n) is 2.54. The van der Waals surface area contributed by atoms with E-state index < -0.39 is 0 Å². The fourth-order valence-corrected chi connectivity index (χ4v) is 2.91. The van der Waals surface area contributed by atoms with Gasteiger partial charge in [0.2, 0.25) is 0 Å². The molecule has 0 saturated heterocycles. The summed E-state index contributed by atoms with van der Waals surface area (Å²) in [5.74, 6) is 0.213. The normalized spacial score (nSPS) is 11.0.